The maximum absolute atomic E-state index is 12.8. The largest absolute Gasteiger partial charge is 0.493 e. The standard InChI is InChI=1S/C25H22Cl3N3O4/c1-34-22-7-3-6-21(24(22)35-14-18-19(27)4-2-5-20(18)28)29-30-25(33)15-12-23(32)31(13-15)17-10-8-16(26)9-11-17/h2-11,15,29H,12-14H2,1H3,(H,30,33)/t15-/m0/s1. The fourth-order valence-corrected chi connectivity index (χ4v) is 4.36. The SMILES string of the molecule is COc1cccc(NNC(=O)[C@H]2CC(=O)N(c3ccc(Cl)cc3)C2)c1OCc1c(Cl)cccc1Cl. The van der Waals surface area contributed by atoms with Gasteiger partial charge in [-0.15, -0.1) is 0 Å². The predicted molar refractivity (Wildman–Crippen MR) is 137 cm³/mol. The fraction of sp³-hybridized carbons (Fsp3) is 0.200. The second-order valence-corrected chi connectivity index (χ2v) is 9.07. The van der Waals surface area contributed by atoms with E-state index >= 15 is 0 Å². The molecule has 3 aromatic rings. The summed E-state index contributed by atoms with van der Waals surface area (Å²) in [5.74, 6) is -0.149. The van der Waals surface area contributed by atoms with Gasteiger partial charge in [0.2, 0.25) is 11.8 Å². The second-order valence-electron chi connectivity index (χ2n) is 7.82. The number of nitrogens with zero attached hydrogens (tertiary/aromatic N) is 1. The van der Waals surface area contributed by atoms with Gasteiger partial charge >= 0.3 is 0 Å². The molecule has 1 aliphatic heterocycles. The van der Waals surface area contributed by atoms with Gasteiger partial charge < -0.3 is 14.4 Å². The minimum absolute atomic E-state index is 0.0919. The van der Waals surface area contributed by atoms with Crippen LogP contribution >= 0.6 is 34.8 Å². The zero-order valence-corrected chi connectivity index (χ0v) is 21.0. The molecule has 0 aromatic heterocycles. The van der Waals surface area contributed by atoms with Crippen LogP contribution in [0, 0.1) is 5.92 Å². The Kier molecular flexibility index (Phi) is 7.90. The van der Waals surface area contributed by atoms with Crippen LogP contribution in [0.3, 0.4) is 0 Å². The molecule has 4 rings (SSSR count). The lowest BCUT2D eigenvalue weighted by atomic mass is 10.1. The highest BCUT2D eigenvalue weighted by atomic mass is 35.5. The van der Waals surface area contributed by atoms with Gasteiger partial charge in [-0.25, -0.2) is 0 Å². The van der Waals surface area contributed by atoms with E-state index in [1.165, 1.54) is 7.11 Å². The van der Waals surface area contributed by atoms with E-state index in [1.54, 1.807) is 65.6 Å². The van der Waals surface area contributed by atoms with Crippen molar-refractivity contribution in [3.8, 4) is 11.5 Å². The highest BCUT2D eigenvalue weighted by Crippen LogP contribution is 2.37. The Morgan fingerprint density at radius 2 is 1.71 bits per heavy atom. The molecule has 1 saturated heterocycles. The minimum Gasteiger partial charge on any atom is -0.493 e. The lowest BCUT2D eigenvalue weighted by molar-refractivity contribution is -0.125. The van der Waals surface area contributed by atoms with E-state index in [9.17, 15) is 9.59 Å². The van der Waals surface area contributed by atoms with E-state index in [4.69, 9.17) is 44.3 Å². The molecule has 0 saturated carbocycles. The van der Waals surface area contributed by atoms with Crippen molar-refractivity contribution >= 4 is 58.0 Å². The van der Waals surface area contributed by atoms with Crippen molar-refractivity contribution in [3.63, 3.8) is 0 Å². The Hall–Kier alpha value is -3.13. The third kappa shape index (κ3) is 5.75. The van der Waals surface area contributed by atoms with Crippen LogP contribution in [0.15, 0.2) is 60.7 Å². The molecule has 0 spiro atoms. The molecule has 0 aliphatic carbocycles. The van der Waals surface area contributed by atoms with Gasteiger partial charge in [0.15, 0.2) is 11.5 Å². The average Bonchev–Trinajstić information content (AvgIpc) is 3.24. The minimum atomic E-state index is -0.525. The normalized spacial score (nSPS) is 15.1. The number of hydrogen-bond donors (Lipinski definition) is 2. The van der Waals surface area contributed by atoms with Gasteiger partial charge in [0, 0.05) is 39.3 Å². The Balaban J connectivity index is 1.43. The molecule has 1 heterocycles. The van der Waals surface area contributed by atoms with E-state index in [-0.39, 0.29) is 31.4 Å². The van der Waals surface area contributed by atoms with Crippen molar-refractivity contribution in [1.82, 2.24) is 5.43 Å². The van der Waals surface area contributed by atoms with Gasteiger partial charge in [-0.1, -0.05) is 46.9 Å². The van der Waals surface area contributed by atoms with Crippen molar-refractivity contribution in [3.05, 3.63) is 81.3 Å². The highest BCUT2D eigenvalue weighted by Gasteiger charge is 2.35. The van der Waals surface area contributed by atoms with Crippen LogP contribution in [-0.2, 0) is 16.2 Å². The first-order valence-corrected chi connectivity index (χ1v) is 11.8. The summed E-state index contributed by atoms with van der Waals surface area (Å²) in [4.78, 5) is 26.9. The molecule has 2 N–H and O–H groups in total. The topological polar surface area (TPSA) is 79.9 Å². The summed E-state index contributed by atoms with van der Waals surface area (Å²) < 4.78 is 11.4. The van der Waals surface area contributed by atoms with Gasteiger partial charge in [-0.2, -0.15) is 0 Å². The third-order valence-electron chi connectivity index (χ3n) is 5.58. The molecule has 0 bridgehead atoms. The van der Waals surface area contributed by atoms with Crippen LogP contribution in [0.5, 0.6) is 11.5 Å². The van der Waals surface area contributed by atoms with Gasteiger partial charge in [-0.3, -0.25) is 20.4 Å². The highest BCUT2D eigenvalue weighted by molar-refractivity contribution is 6.36. The summed E-state index contributed by atoms with van der Waals surface area (Å²) in [5.41, 5.74) is 7.37. The van der Waals surface area contributed by atoms with E-state index in [2.05, 4.69) is 10.9 Å². The van der Waals surface area contributed by atoms with E-state index in [0.717, 1.165) is 0 Å². The summed E-state index contributed by atoms with van der Waals surface area (Å²) >= 11 is 18.4. The van der Waals surface area contributed by atoms with Gasteiger partial charge in [-0.05, 0) is 48.5 Å². The summed E-state index contributed by atoms with van der Waals surface area (Å²) in [5, 5.41) is 1.53. The average molecular weight is 535 g/mol. The first kappa shape index (κ1) is 25.0. The zero-order valence-electron chi connectivity index (χ0n) is 18.7. The van der Waals surface area contributed by atoms with Crippen molar-refractivity contribution in [2.75, 3.05) is 24.0 Å². The lowest BCUT2D eigenvalue weighted by Gasteiger charge is -2.19. The number of carbonyl (C=O) groups is 2. The van der Waals surface area contributed by atoms with Crippen LogP contribution in [0.4, 0.5) is 11.4 Å². The van der Waals surface area contributed by atoms with Crippen LogP contribution in [0.25, 0.3) is 0 Å². The molecule has 1 fully saturated rings. The number of halogens is 3. The quantitative estimate of drug-likeness (QED) is 0.361. The van der Waals surface area contributed by atoms with Crippen LogP contribution in [0.2, 0.25) is 15.1 Å². The summed E-state index contributed by atoms with van der Waals surface area (Å²) in [6.07, 6.45) is 0.0998. The number of rotatable bonds is 8. The maximum Gasteiger partial charge on any atom is 0.243 e. The van der Waals surface area contributed by atoms with Crippen LogP contribution < -0.4 is 25.2 Å². The molecular formula is C25H22Cl3N3O4. The van der Waals surface area contributed by atoms with Gasteiger partial charge in [0.1, 0.15) is 6.61 Å². The number of anilines is 2. The molecule has 2 amide bonds. The molecule has 3 aromatic carbocycles. The number of nitrogens with one attached hydrogen (secondary N) is 2. The van der Waals surface area contributed by atoms with Crippen molar-refractivity contribution < 1.29 is 19.1 Å². The fourth-order valence-electron chi connectivity index (χ4n) is 3.72. The molecular weight excluding hydrogens is 513 g/mol. The number of ether oxygens (including phenoxy) is 2. The monoisotopic (exact) mass is 533 g/mol. The molecule has 1 aliphatic rings. The van der Waals surface area contributed by atoms with Gasteiger partial charge in [0.25, 0.3) is 0 Å². The van der Waals surface area contributed by atoms with Crippen molar-refractivity contribution in [2.24, 2.45) is 5.92 Å². The number of hydrazine groups is 1. The lowest BCUT2D eigenvalue weighted by Crippen LogP contribution is -2.36. The molecule has 0 unspecified atom stereocenters. The number of methoxy groups -OCH3 is 1. The van der Waals surface area contributed by atoms with Gasteiger partial charge in [0.05, 0.1) is 18.7 Å². The molecule has 182 valence electrons. The Labute approximate surface area is 217 Å². The maximum atomic E-state index is 12.8. The second kappa shape index (κ2) is 11.1. The molecule has 0 radical (unpaired) electrons. The van der Waals surface area contributed by atoms with E-state index in [0.29, 0.717) is 43.5 Å². The number of amides is 2. The summed E-state index contributed by atoms with van der Waals surface area (Å²) in [6.45, 7) is 0.356. The summed E-state index contributed by atoms with van der Waals surface area (Å²) in [7, 11) is 1.52. The Morgan fingerprint density at radius 3 is 2.40 bits per heavy atom. The smallest absolute Gasteiger partial charge is 0.243 e. The summed E-state index contributed by atoms with van der Waals surface area (Å²) in [6, 6.07) is 17.3. The Morgan fingerprint density at radius 1 is 1.03 bits per heavy atom. The zero-order chi connectivity index (χ0) is 24.9. The van der Waals surface area contributed by atoms with Crippen LogP contribution in [-0.4, -0.2) is 25.5 Å². The number of benzene rings is 3. The molecule has 35 heavy (non-hydrogen) atoms. The Bertz CT molecular complexity index is 1220. The first-order chi connectivity index (χ1) is 16.9. The van der Waals surface area contributed by atoms with Crippen LogP contribution in [0.1, 0.15) is 12.0 Å². The molecule has 1 atom stereocenters. The number of carbonyl (C=O) groups excluding carboxylic acids is 2. The molecule has 7 nitrogen and oxygen atoms in total. The molecule has 10 heteroatoms. The predicted octanol–water partition coefficient (Wildman–Crippen LogP) is 5.73. The number of para-hydroxylation sites is 1. The van der Waals surface area contributed by atoms with Crippen molar-refractivity contribution in [2.45, 2.75) is 13.0 Å². The van der Waals surface area contributed by atoms with E-state index in [1.807, 2.05) is 0 Å². The van der Waals surface area contributed by atoms with E-state index < -0.39 is 5.92 Å². The number of hydrogen-bond acceptors (Lipinski definition) is 5. The third-order valence-corrected chi connectivity index (χ3v) is 6.54. The first-order valence-electron chi connectivity index (χ1n) is 10.7. The van der Waals surface area contributed by atoms with Crippen molar-refractivity contribution in [1.29, 1.82) is 0 Å².